The third-order valence-corrected chi connectivity index (χ3v) is 3.37. The molecule has 1 heterocycles. The van der Waals surface area contributed by atoms with Gasteiger partial charge in [-0.25, -0.2) is 4.98 Å². The smallest absolute Gasteiger partial charge is 0.248 e. The standard InChI is InChI=1S/C15H18N4O/c1-10(11-4-3-5-13(16)8-11)19(2)14-9-12(15(17)20)6-7-18-14/h3-10H,16H2,1-2H3,(H2,17,20). The Kier molecular flexibility index (Phi) is 3.89. The Bertz CT molecular complexity index is 627. The summed E-state index contributed by atoms with van der Waals surface area (Å²) in [7, 11) is 1.92. The maximum atomic E-state index is 11.2. The highest BCUT2D eigenvalue weighted by Gasteiger charge is 2.14. The molecule has 5 nitrogen and oxygen atoms in total. The molecule has 0 aliphatic rings. The van der Waals surface area contributed by atoms with E-state index in [2.05, 4.69) is 4.98 Å². The molecule has 2 aromatic rings. The number of nitrogens with two attached hydrogens (primary N) is 2. The number of carbonyl (C=O) groups is 1. The number of primary amides is 1. The van der Waals surface area contributed by atoms with Crippen LogP contribution >= 0.6 is 0 Å². The zero-order valence-electron chi connectivity index (χ0n) is 11.6. The van der Waals surface area contributed by atoms with Gasteiger partial charge in [-0.3, -0.25) is 4.79 Å². The fraction of sp³-hybridized carbons (Fsp3) is 0.200. The number of benzene rings is 1. The molecule has 4 N–H and O–H groups in total. The van der Waals surface area contributed by atoms with Crippen molar-refractivity contribution in [1.29, 1.82) is 0 Å². The van der Waals surface area contributed by atoms with Gasteiger partial charge in [-0.05, 0) is 36.8 Å². The molecule has 1 amide bonds. The Morgan fingerprint density at radius 1 is 1.30 bits per heavy atom. The van der Waals surface area contributed by atoms with Crippen LogP contribution in [-0.2, 0) is 0 Å². The average Bonchev–Trinajstić information content (AvgIpc) is 2.45. The Morgan fingerprint density at radius 2 is 2.05 bits per heavy atom. The predicted octanol–water partition coefficient (Wildman–Crippen LogP) is 1.96. The van der Waals surface area contributed by atoms with Crippen LogP contribution in [-0.4, -0.2) is 17.9 Å². The van der Waals surface area contributed by atoms with Crippen molar-refractivity contribution in [2.24, 2.45) is 5.73 Å². The lowest BCUT2D eigenvalue weighted by Crippen LogP contribution is -2.23. The summed E-state index contributed by atoms with van der Waals surface area (Å²) >= 11 is 0. The molecule has 0 saturated carbocycles. The first-order chi connectivity index (χ1) is 9.49. The number of aromatic nitrogens is 1. The molecule has 0 bridgehead atoms. The van der Waals surface area contributed by atoms with Gasteiger partial charge in [-0.15, -0.1) is 0 Å². The summed E-state index contributed by atoms with van der Waals surface area (Å²) in [5.41, 5.74) is 13.3. The molecule has 0 aliphatic carbocycles. The molecule has 1 unspecified atom stereocenters. The van der Waals surface area contributed by atoms with E-state index in [-0.39, 0.29) is 6.04 Å². The van der Waals surface area contributed by atoms with Crippen LogP contribution < -0.4 is 16.4 Å². The zero-order chi connectivity index (χ0) is 14.7. The first-order valence-electron chi connectivity index (χ1n) is 6.33. The van der Waals surface area contributed by atoms with Gasteiger partial charge in [0, 0.05) is 24.5 Å². The third-order valence-electron chi connectivity index (χ3n) is 3.37. The number of hydrogen-bond donors (Lipinski definition) is 2. The summed E-state index contributed by atoms with van der Waals surface area (Å²) in [4.78, 5) is 17.5. The van der Waals surface area contributed by atoms with E-state index in [0.717, 1.165) is 11.3 Å². The summed E-state index contributed by atoms with van der Waals surface area (Å²) in [5, 5.41) is 0. The number of nitrogens with zero attached hydrogens (tertiary/aromatic N) is 2. The van der Waals surface area contributed by atoms with Crippen molar-refractivity contribution in [1.82, 2.24) is 4.98 Å². The molecule has 1 aromatic heterocycles. The van der Waals surface area contributed by atoms with Crippen LogP contribution in [0.2, 0.25) is 0 Å². The van der Waals surface area contributed by atoms with Gasteiger partial charge < -0.3 is 16.4 Å². The van der Waals surface area contributed by atoms with Crippen LogP contribution in [0.25, 0.3) is 0 Å². The second kappa shape index (κ2) is 5.61. The lowest BCUT2D eigenvalue weighted by Gasteiger charge is -2.26. The maximum Gasteiger partial charge on any atom is 0.248 e. The first-order valence-corrected chi connectivity index (χ1v) is 6.33. The summed E-state index contributed by atoms with van der Waals surface area (Å²) in [6, 6.07) is 11.1. The van der Waals surface area contributed by atoms with Gasteiger partial charge in [-0.2, -0.15) is 0 Å². The van der Waals surface area contributed by atoms with E-state index in [9.17, 15) is 4.79 Å². The number of nitrogen functional groups attached to an aromatic ring is 1. The summed E-state index contributed by atoms with van der Waals surface area (Å²) in [5.74, 6) is 0.231. The summed E-state index contributed by atoms with van der Waals surface area (Å²) < 4.78 is 0. The van der Waals surface area contributed by atoms with Crippen molar-refractivity contribution in [2.75, 3.05) is 17.7 Å². The fourth-order valence-electron chi connectivity index (χ4n) is 2.01. The van der Waals surface area contributed by atoms with Gasteiger partial charge in [0.25, 0.3) is 0 Å². The van der Waals surface area contributed by atoms with Crippen LogP contribution in [0.1, 0.15) is 28.9 Å². The highest BCUT2D eigenvalue weighted by atomic mass is 16.1. The van der Waals surface area contributed by atoms with Crippen LogP contribution in [0.5, 0.6) is 0 Å². The molecule has 20 heavy (non-hydrogen) atoms. The monoisotopic (exact) mass is 270 g/mol. The maximum absolute atomic E-state index is 11.2. The Hall–Kier alpha value is -2.56. The number of hydrogen-bond acceptors (Lipinski definition) is 4. The van der Waals surface area contributed by atoms with Crippen molar-refractivity contribution in [3.63, 3.8) is 0 Å². The van der Waals surface area contributed by atoms with Gasteiger partial charge in [0.2, 0.25) is 5.91 Å². The quantitative estimate of drug-likeness (QED) is 0.832. The van der Waals surface area contributed by atoms with Crippen molar-refractivity contribution >= 4 is 17.4 Å². The normalized spacial score (nSPS) is 11.9. The van der Waals surface area contributed by atoms with E-state index < -0.39 is 5.91 Å². The van der Waals surface area contributed by atoms with Gasteiger partial charge in [-0.1, -0.05) is 12.1 Å². The van der Waals surface area contributed by atoms with Crippen LogP contribution in [0.4, 0.5) is 11.5 Å². The number of amides is 1. The van der Waals surface area contributed by atoms with Gasteiger partial charge in [0.15, 0.2) is 0 Å². The Morgan fingerprint density at radius 3 is 2.70 bits per heavy atom. The van der Waals surface area contributed by atoms with E-state index >= 15 is 0 Å². The Balaban J connectivity index is 2.28. The highest BCUT2D eigenvalue weighted by Crippen LogP contribution is 2.25. The fourth-order valence-corrected chi connectivity index (χ4v) is 2.01. The molecule has 2 rings (SSSR count). The van der Waals surface area contributed by atoms with E-state index in [1.807, 2.05) is 43.1 Å². The van der Waals surface area contributed by atoms with E-state index in [1.54, 1.807) is 18.3 Å². The number of anilines is 2. The predicted molar refractivity (Wildman–Crippen MR) is 80.4 cm³/mol. The van der Waals surface area contributed by atoms with Crippen molar-refractivity contribution < 1.29 is 4.79 Å². The molecule has 1 aromatic carbocycles. The van der Waals surface area contributed by atoms with Crippen LogP contribution in [0.15, 0.2) is 42.6 Å². The van der Waals surface area contributed by atoms with E-state index in [4.69, 9.17) is 11.5 Å². The molecular formula is C15H18N4O. The van der Waals surface area contributed by atoms with Crippen molar-refractivity contribution in [3.05, 3.63) is 53.7 Å². The molecule has 0 fully saturated rings. The second-order valence-electron chi connectivity index (χ2n) is 4.72. The van der Waals surface area contributed by atoms with E-state index in [1.165, 1.54) is 0 Å². The largest absolute Gasteiger partial charge is 0.399 e. The third kappa shape index (κ3) is 2.88. The summed E-state index contributed by atoms with van der Waals surface area (Å²) in [6.07, 6.45) is 1.58. The number of rotatable bonds is 4. The first kappa shape index (κ1) is 13.9. The molecule has 1 atom stereocenters. The number of pyridine rings is 1. The molecule has 0 saturated heterocycles. The molecule has 104 valence electrons. The topological polar surface area (TPSA) is 85.2 Å². The van der Waals surface area contributed by atoms with Crippen molar-refractivity contribution in [2.45, 2.75) is 13.0 Å². The second-order valence-corrected chi connectivity index (χ2v) is 4.72. The van der Waals surface area contributed by atoms with Crippen LogP contribution in [0, 0.1) is 0 Å². The average molecular weight is 270 g/mol. The van der Waals surface area contributed by atoms with E-state index in [0.29, 0.717) is 11.4 Å². The number of carbonyl (C=O) groups excluding carboxylic acids is 1. The zero-order valence-corrected chi connectivity index (χ0v) is 11.6. The molecule has 0 aliphatic heterocycles. The van der Waals surface area contributed by atoms with Gasteiger partial charge in [0.1, 0.15) is 5.82 Å². The van der Waals surface area contributed by atoms with Crippen molar-refractivity contribution in [3.8, 4) is 0 Å². The molecule has 0 radical (unpaired) electrons. The minimum absolute atomic E-state index is 0.0779. The van der Waals surface area contributed by atoms with Gasteiger partial charge >= 0.3 is 0 Å². The summed E-state index contributed by atoms with van der Waals surface area (Å²) in [6.45, 7) is 2.05. The minimum Gasteiger partial charge on any atom is -0.399 e. The lowest BCUT2D eigenvalue weighted by molar-refractivity contribution is 0.1000. The molecule has 5 heteroatoms. The van der Waals surface area contributed by atoms with Gasteiger partial charge in [0.05, 0.1) is 6.04 Å². The molecule has 0 spiro atoms. The van der Waals surface area contributed by atoms with Crippen LogP contribution in [0.3, 0.4) is 0 Å². The minimum atomic E-state index is -0.460. The lowest BCUT2D eigenvalue weighted by atomic mass is 10.1. The highest BCUT2D eigenvalue weighted by molar-refractivity contribution is 5.93. The SMILES string of the molecule is CC(c1cccc(N)c1)N(C)c1cc(C(N)=O)ccn1. The molecular weight excluding hydrogens is 252 g/mol. The Labute approximate surface area is 118 Å².